The second-order valence-corrected chi connectivity index (χ2v) is 13.1. The van der Waals surface area contributed by atoms with Crippen molar-refractivity contribution in [2.24, 2.45) is 5.92 Å². The van der Waals surface area contributed by atoms with Gasteiger partial charge >= 0.3 is 6.03 Å². The monoisotopic (exact) mass is 562 g/mol. The molecular formula is C34H47FN4O2. The van der Waals surface area contributed by atoms with E-state index in [4.69, 9.17) is 4.74 Å². The van der Waals surface area contributed by atoms with Gasteiger partial charge in [-0.1, -0.05) is 44.0 Å². The molecule has 0 aromatic heterocycles. The fraction of sp³-hybridized carbons (Fsp3) is 0.618. The zero-order valence-electron chi connectivity index (χ0n) is 24.9. The van der Waals surface area contributed by atoms with Crippen molar-refractivity contribution in [1.82, 2.24) is 10.2 Å². The third kappa shape index (κ3) is 6.26. The number of hydrogen-bond donors (Lipinski definition) is 1. The van der Waals surface area contributed by atoms with Crippen LogP contribution in [0.15, 0.2) is 42.5 Å². The van der Waals surface area contributed by atoms with Crippen molar-refractivity contribution in [3.63, 3.8) is 0 Å². The number of piperidine rings is 1. The van der Waals surface area contributed by atoms with Crippen LogP contribution in [-0.4, -0.2) is 61.4 Å². The summed E-state index contributed by atoms with van der Waals surface area (Å²) in [5, 5.41) is 3.29. The van der Waals surface area contributed by atoms with Crippen molar-refractivity contribution in [2.75, 3.05) is 42.6 Å². The summed E-state index contributed by atoms with van der Waals surface area (Å²) >= 11 is 0. The van der Waals surface area contributed by atoms with E-state index in [9.17, 15) is 4.79 Å². The van der Waals surface area contributed by atoms with Crippen molar-refractivity contribution in [1.29, 1.82) is 0 Å². The molecule has 2 aromatic rings. The molecule has 3 unspecified atom stereocenters. The van der Waals surface area contributed by atoms with Crippen molar-refractivity contribution in [2.45, 2.75) is 95.8 Å². The molecule has 1 N–H and O–H groups in total. The van der Waals surface area contributed by atoms with E-state index < -0.39 is 0 Å². The van der Waals surface area contributed by atoms with Crippen LogP contribution in [0.5, 0.6) is 0 Å². The third-order valence-corrected chi connectivity index (χ3v) is 10.2. The zero-order chi connectivity index (χ0) is 28.4. The summed E-state index contributed by atoms with van der Waals surface area (Å²) in [4.78, 5) is 20.4. The van der Waals surface area contributed by atoms with Gasteiger partial charge in [-0.25, -0.2) is 9.18 Å². The molecule has 6 rings (SSSR count). The number of carbonyl (C=O) groups excluding carboxylic acids is 1. The number of amides is 2. The topological polar surface area (TPSA) is 48.0 Å². The predicted molar refractivity (Wildman–Crippen MR) is 163 cm³/mol. The lowest BCUT2D eigenvalue weighted by molar-refractivity contribution is 0.0316. The second kappa shape index (κ2) is 12.3. The first-order chi connectivity index (χ1) is 19.9. The lowest BCUT2D eigenvalue weighted by atomic mass is 9.82. The number of aryl methyl sites for hydroxylation is 1. The van der Waals surface area contributed by atoms with Crippen molar-refractivity contribution in [3.05, 3.63) is 59.4 Å². The number of ether oxygens (including phenoxy) is 1. The number of fused-ring (bicyclic) bond motifs is 2. The van der Waals surface area contributed by atoms with Gasteiger partial charge in [0.05, 0.1) is 18.9 Å². The van der Waals surface area contributed by atoms with Gasteiger partial charge < -0.3 is 15.0 Å². The quantitative estimate of drug-likeness (QED) is 0.398. The van der Waals surface area contributed by atoms with Crippen molar-refractivity contribution >= 4 is 17.4 Å². The first-order valence-corrected chi connectivity index (χ1v) is 16.0. The Morgan fingerprint density at radius 1 is 1.07 bits per heavy atom. The fourth-order valence-corrected chi connectivity index (χ4v) is 7.92. The predicted octanol–water partition coefficient (Wildman–Crippen LogP) is 6.52. The number of rotatable bonds is 8. The normalized spacial score (nSPS) is 26.9. The number of urea groups is 1. The van der Waals surface area contributed by atoms with E-state index in [0.29, 0.717) is 56.2 Å². The SMILES string of the molecule is CCc1ccc(CN2C3CCC2(C)CC(CN(C(=O)NC2CCCC2)c2ccc(N4CCOCC4)c(F)c2)C3)cc1. The number of halogens is 1. The lowest BCUT2D eigenvalue weighted by Gasteiger charge is -2.47. The minimum atomic E-state index is -0.265. The molecule has 7 heteroatoms. The number of anilines is 2. The summed E-state index contributed by atoms with van der Waals surface area (Å²) in [6.45, 7) is 8.81. The van der Waals surface area contributed by atoms with Crippen LogP contribution < -0.4 is 15.1 Å². The molecule has 0 radical (unpaired) electrons. The van der Waals surface area contributed by atoms with E-state index in [0.717, 1.165) is 51.5 Å². The Morgan fingerprint density at radius 2 is 1.80 bits per heavy atom. The highest BCUT2D eigenvalue weighted by Crippen LogP contribution is 2.47. The van der Waals surface area contributed by atoms with E-state index in [1.807, 2.05) is 21.9 Å². The average Bonchev–Trinajstić information content (AvgIpc) is 3.55. The Hall–Kier alpha value is -2.64. The molecule has 1 saturated carbocycles. The summed E-state index contributed by atoms with van der Waals surface area (Å²) < 4.78 is 20.9. The molecular weight excluding hydrogens is 515 g/mol. The Bertz CT molecular complexity index is 1190. The molecule has 3 atom stereocenters. The van der Waals surface area contributed by atoms with Gasteiger partial charge in [0.15, 0.2) is 0 Å². The maximum absolute atomic E-state index is 15.5. The number of benzene rings is 2. The van der Waals surface area contributed by atoms with Crippen LogP contribution in [0, 0.1) is 11.7 Å². The van der Waals surface area contributed by atoms with Crippen LogP contribution >= 0.6 is 0 Å². The van der Waals surface area contributed by atoms with E-state index in [1.165, 1.54) is 24.0 Å². The lowest BCUT2D eigenvalue weighted by Crippen LogP contribution is -2.53. The molecule has 6 nitrogen and oxygen atoms in total. The van der Waals surface area contributed by atoms with Crippen LogP contribution in [0.2, 0.25) is 0 Å². The number of nitrogens with one attached hydrogen (secondary N) is 1. The average molecular weight is 563 g/mol. The van der Waals surface area contributed by atoms with Crippen LogP contribution in [0.3, 0.4) is 0 Å². The van der Waals surface area contributed by atoms with E-state index in [-0.39, 0.29) is 23.4 Å². The number of nitrogens with zero attached hydrogens (tertiary/aromatic N) is 3. The molecule has 2 aromatic carbocycles. The molecule has 41 heavy (non-hydrogen) atoms. The van der Waals surface area contributed by atoms with E-state index >= 15 is 4.39 Å². The molecule has 1 aliphatic carbocycles. The van der Waals surface area contributed by atoms with E-state index in [1.54, 1.807) is 6.07 Å². The summed E-state index contributed by atoms with van der Waals surface area (Å²) in [5.41, 5.74) is 4.14. The summed E-state index contributed by atoms with van der Waals surface area (Å²) in [6, 6.07) is 15.1. The van der Waals surface area contributed by atoms with Crippen LogP contribution in [0.25, 0.3) is 0 Å². The first kappa shape index (κ1) is 28.5. The maximum atomic E-state index is 15.5. The van der Waals surface area contributed by atoms with Gasteiger partial charge in [0.2, 0.25) is 0 Å². The highest BCUT2D eigenvalue weighted by atomic mass is 19.1. The van der Waals surface area contributed by atoms with Crippen LogP contribution in [0.4, 0.5) is 20.6 Å². The molecule has 3 saturated heterocycles. The Labute approximate surface area is 245 Å². The highest BCUT2D eigenvalue weighted by molar-refractivity contribution is 5.92. The van der Waals surface area contributed by atoms with Gasteiger partial charge in [-0.15, -0.1) is 0 Å². The smallest absolute Gasteiger partial charge is 0.322 e. The summed E-state index contributed by atoms with van der Waals surface area (Å²) in [7, 11) is 0. The standard InChI is InChI=1S/C34H47FN4O2/c1-3-25-8-10-26(11-9-25)24-39-30-14-15-34(39,2)22-27(20-30)23-38(33(40)36-28-6-4-5-7-28)29-12-13-32(31(35)21-29)37-16-18-41-19-17-37/h8-13,21,27-28,30H,3-7,14-20,22-24H2,1-2H3,(H,36,40). The summed E-state index contributed by atoms with van der Waals surface area (Å²) in [5.74, 6) is 0.113. The van der Waals surface area contributed by atoms with Gasteiger partial charge in [-0.2, -0.15) is 0 Å². The fourth-order valence-electron chi connectivity index (χ4n) is 7.92. The maximum Gasteiger partial charge on any atom is 0.322 e. The second-order valence-electron chi connectivity index (χ2n) is 13.1. The highest BCUT2D eigenvalue weighted by Gasteiger charge is 2.49. The van der Waals surface area contributed by atoms with Gasteiger partial charge in [0.1, 0.15) is 5.82 Å². The zero-order valence-corrected chi connectivity index (χ0v) is 24.9. The van der Waals surface area contributed by atoms with Crippen molar-refractivity contribution < 1.29 is 13.9 Å². The van der Waals surface area contributed by atoms with E-state index in [2.05, 4.69) is 48.3 Å². The number of carbonyl (C=O) groups is 1. The third-order valence-electron chi connectivity index (χ3n) is 10.2. The Morgan fingerprint density at radius 3 is 2.49 bits per heavy atom. The number of morpholine rings is 1. The van der Waals surface area contributed by atoms with Gasteiger partial charge in [0.25, 0.3) is 0 Å². The molecule has 4 fully saturated rings. The van der Waals surface area contributed by atoms with Crippen molar-refractivity contribution in [3.8, 4) is 0 Å². The molecule has 2 amide bonds. The minimum absolute atomic E-state index is 0.0774. The minimum Gasteiger partial charge on any atom is -0.378 e. The number of hydrogen-bond acceptors (Lipinski definition) is 4. The van der Waals surface area contributed by atoms with Gasteiger partial charge in [-0.05, 0) is 87.1 Å². The molecule has 3 heterocycles. The van der Waals surface area contributed by atoms with Gasteiger partial charge in [0, 0.05) is 49.5 Å². The molecule has 0 spiro atoms. The summed E-state index contributed by atoms with van der Waals surface area (Å²) in [6.07, 6.45) is 9.97. The molecule has 4 aliphatic rings. The van der Waals surface area contributed by atoms with Crippen LogP contribution in [-0.2, 0) is 17.7 Å². The Balaban J connectivity index is 1.19. The molecule has 3 aliphatic heterocycles. The van der Waals surface area contributed by atoms with Crippen LogP contribution in [0.1, 0.15) is 76.3 Å². The molecule has 222 valence electrons. The Kier molecular flexibility index (Phi) is 8.55. The first-order valence-electron chi connectivity index (χ1n) is 16.0. The largest absolute Gasteiger partial charge is 0.378 e. The molecule has 2 bridgehead atoms. The van der Waals surface area contributed by atoms with Gasteiger partial charge in [-0.3, -0.25) is 9.80 Å².